The lowest BCUT2D eigenvalue weighted by Gasteiger charge is -2.22. The van der Waals surface area contributed by atoms with Crippen molar-refractivity contribution in [3.05, 3.63) is 82.9 Å². The predicted octanol–water partition coefficient (Wildman–Crippen LogP) is 3.73. The fraction of sp³-hybridized carbons (Fsp3) is 0.118. The number of benzene rings is 2. The van der Waals surface area contributed by atoms with Crippen LogP contribution in [0, 0.1) is 0 Å². The van der Waals surface area contributed by atoms with Gasteiger partial charge < -0.3 is 5.11 Å². The van der Waals surface area contributed by atoms with Crippen LogP contribution < -0.4 is 5.32 Å². The van der Waals surface area contributed by atoms with E-state index in [0.29, 0.717) is 0 Å². The Kier molecular flexibility index (Phi) is 5.72. The second-order valence-electron chi connectivity index (χ2n) is 4.56. The van der Waals surface area contributed by atoms with Gasteiger partial charge in [0.2, 0.25) is 0 Å². The summed E-state index contributed by atoms with van der Waals surface area (Å²) in [6.45, 7) is 0. The monoisotopic (exact) mass is 345 g/mol. The summed E-state index contributed by atoms with van der Waals surface area (Å²) in [5.41, 5.74) is 2.05. The Morgan fingerprint density at radius 3 is 1.86 bits per heavy atom. The van der Waals surface area contributed by atoms with Gasteiger partial charge in [-0.05, 0) is 22.2 Å². The highest BCUT2D eigenvalue weighted by Crippen LogP contribution is 2.22. The molecule has 0 aromatic heterocycles. The van der Waals surface area contributed by atoms with Crippen LogP contribution in [0.25, 0.3) is 0 Å². The molecule has 0 fully saturated rings. The van der Waals surface area contributed by atoms with Gasteiger partial charge in [-0.1, -0.05) is 76.6 Å². The van der Waals surface area contributed by atoms with Crippen LogP contribution in [-0.2, 0) is 4.79 Å². The van der Waals surface area contributed by atoms with E-state index in [9.17, 15) is 9.90 Å². The summed E-state index contributed by atoms with van der Waals surface area (Å²) in [4.78, 5) is 12.9. The van der Waals surface area contributed by atoms with Gasteiger partial charge in [-0.25, -0.2) is 0 Å². The van der Waals surface area contributed by atoms with Crippen molar-refractivity contribution < 1.29 is 9.90 Å². The molecule has 0 amide bonds. The summed E-state index contributed by atoms with van der Waals surface area (Å²) < 4.78 is 0. The fourth-order valence-corrected chi connectivity index (χ4v) is 2.44. The highest BCUT2D eigenvalue weighted by atomic mass is 79.9. The largest absolute Gasteiger partial charge is 0.480 e. The molecule has 0 radical (unpaired) electrons. The van der Waals surface area contributed by atoms with E-state index in [-0.39, 0.29) is 6.04 Å². The van der Waals surface area contributed by atoms with Crippen LogP contribution in [-0.4, -0.2) is 17.1 Å². The number of hydrogen-bond donors (Lipinski definition) is 2. The molecular weight excluding hydrogens is 330 g/mol. The first-order valence-corrected chi connectivity index (χ1v) is 7.49. The fourth-order valence-electron chi connectivity index (χ4n) is 2.14. The Morgan fingerprint density at radius 2 is 1.48 bits per heavy atom. The summed E-state index contributed by atoms with van der Waals surface area (Å²) in [6.07, 6.45) is 1.57. The summed E-state index contributed by atoms with van der Waals surface area (Å²) in [6, 6.07) is 18.7. The maximum atomic E-state index is 11.4. The Bertz CT molecular complexity index is 559. The SMILES string of the molecule is O=C(O)C(/C=C\Br)NC(c1ccccc1)c1ccccc1. The smallest absolute Gasteiger partial charge is 0.324 e. The van der Waals surface area contributed by atoms with Crippen molar-refractivity contribution in [3.8, 4) is 0 Å². The molecule has 0 spiro atoms. The van der Waals surface area contributed by atoms with Crippen LogP contribution in [0.1, 0.15) is 17.2 Å². The van der Waals surface area contributed by atoms with Gasteiger partial charge in [0.25, 0.3) is 0 Å². The molecule has 2 rings (SSSR count). The molecule has 2 N–H and O–H groups in total. The van der Waals surface area contributed by atoms with Crippen LogP contribution in [0.15, 0.2) is 71.7 Å². The molecule has 0 heterocycles. The first-order valence-electron chi connectivity index (χ1n) is 6.58. The molecule has 2 aromatic carbocycles. The lowest BCUT2D eigenvalue weighted by atomic mass is 9.98. The van der Waals surface area contributed by atoms with E-state index in [2.05, 4.69) is 21.2 Å². The minimum absolute atomic E-state index is 0.183. The Morgan fingerprint density at radius 1 is 1.00 bits per heavy atom. The average molecular weight is 346 g/mol. The average Bonchev–Trinajstić information content (AvgIpc) is 2.53. The molecule has 0 saturated heterocycles. The Labute approximate surface area is 132 Å². The van der Waals surface area contributed by atoms with Crippen LogP contribution in [0.4, 0.5) is 0 Å². The predicted molar refractivity (Wildman–Crippen MR) is 87.4 cm³/mol. The number of halogens is 1. The van der Waals surface area contributed by atoms with Gasteiger partial charge in [-0.3, -0.25) is 10.1 Å². The van der Waals surface area contributed by atoms with E-state index in [1.54, 1.807) is 11.1 Å². The molecule has 4 heteroatoms. The Balaban J connectivity index is 2.35. The number of aliphatic carboxylic acids is 1. The van der Waals surface area contributed by atoms with Gasteiger partial charge >= 0.3 is 5.97 Å². The van der Waals surface area contributed by atoms with Crippen molar-refractivity contribution in [3.63, 3.8) is 0 Å². The molecule has 0 saturated carbocycles. The number of carbonyl (C=O) groups is 1. The van der Waals surface area contributed by atoms with E-state index in [0.717, 1.165) is 11.1 Å². The highest BCUT2D eigenvalue weighted by Gasteiger charge is 2.21. The van der Waals surface area contributed by atoms with Crippen LogP contribution in [0.5, 0.6) is 0 Å². The van der Waals surface area contributed by atoms with Gasteiger partial charge in [0.1, 0.15) is 6.04 Å². The summed E-state index contributed by atoms with van der Waals surface area (Å²) in [5, 5.41) is 12.5. The van der Waals surface area contributed by atoms with E-state index >= 15 is 0 Å². The van der Waals surface area contributed by atoms with Gasteiger partial charge in [0.05, 0.1) is 6.04 Å². The van der Waals surface area contributed by atoms with Crippen LogP contribution >= 0.6 is 15.9 Å². The number of rotatable bonds is 6. The summed E-state index contributed by atoms with van der Waals surface area (Å²) in [5.74, 6) is -0.914. The first kappa shape index (κ1) is 15.5. The normalized spacial score (nSPS) is 12.7. The third-order valence-electron chi connectivity index (χ3n) is 3.14. The number of hydrogen-bond acceptors (Lipinski definition) is 2. The summed E-state index contributed by atoms with van der Waals surface area (Å²) in [7, 11) is 0. The zero-order valence-corrected chi connectivity index (χ0v) is 12.9. The molecule has 108 valence electrons. The third kappa shape index (κ3) is 4.28. The van der Waals surface area contributed by atoms with Crippen molar-refractivity contribution in [2.75, 3.05) is 0 Å². The van der Waals surface area contributed by atoms with Crippen molar-refractivity contribution in [1.29, 1.82) is 0 Å². The van der Waals surface area contributed by atoms with E-state index in [1.165, 1.54) is 0 Å². The molecule has 21 heavy (non-hydrogen) atoms. The number of carboxylic acids is 1. The van der Waals surface area contributed by atoms with E-state index in [1.807, 2.05) is 60.7 Å². The van der Waals surface area contributed by atoms with Gasteiger partial charge in [0.15, 0.2) is 0 Å². The quantitative estimate of drug-likeness (QED) is 0.838. The van der Waals surface area contributed by atoms with Crippen LogP contribution in [0.3, 0.4) is 0 Å². The molecule has 1 atom stereocenters. The molecule has 2 aromatic rings. The molecule has 3 nitrogen and oxygen atoms in total. The standard InChI is InChI=1S/C17H16BrNO2/c18-12-11-15(17(20)21)19-16(13-7-3-1-4-8-13)14-9-5-2-6-10-14/h1-12,15-16,19H,(H,20,21)/b12-11-. The van der Waals surface area contributed by atoms with Crippen molar-refractivity contribution >= 4 is 21.9 Å². The highest BCUT2D eigenvalue weighted by molar-refractivity contribution is 9.11. The minimum atomic E-state index is -0.914. The van der Waals surface area contributed by atoms with Gasteiger partial charge in [-0.2, -0.15) is 0 Å². The molecule has 0 aliphatic heterocycles. The van der Waals surface area contributed by atoms with E-state index < -0.39 is 12.0 Å². The topological polar surface area (TPSA) is 49.3 Å². The van der Waals surface area contributed by atoms with Crippen molar-refractivity contribution in [2.24, 2.45) is 0 Å². The number of carboxylic acid groups (broad SMARTS) is 1. The van der Waals surface area contributed by atoms with E-state index in [4.69, 9.17) is 0 Å². The minimum Gasteiger partial charge on any atom is -0.480 e. The molecule has 0 bridgehead atoms. The van der Waals surface area contributed by atoms with Crippen molar-refractivity contribution in [1.82, 2.24) is 5.32 Å². The maximum Gasteiger partial charge on any atom is 0.324 e. The lowest BCUT2D eigenvalue weighted by Crippen LogP contribution is -2.38. The first-order chi connectivity index (χ1) is 10.2. The second kappa shape index (κ2) is 7.76. The molecule has 0 aliphatic carbocycles. The molecule has 0 aliphatic rings. The molecule has 1 unspecified atom stereocenters. The summed E-state index contributed by atoms with van der Waals surface area (Å²) >= 11 is 3.14. The zero-order chi connectivity index (χ0) is 15.1. The Hall–Kier alpha value is -1.91. The maximum absolute atomic E-state index is 11.4. The van der Waals surface area contributed by atoms with Gasteiger partial charge in [0, 0.05) is 0 Å². The zero-order valence-electron chi connectivity index (χ0n) is 11.3. The lowest BCUT2D eigenvalue weighted by molar-refractivity contribution is -0.138. The van der Waals surface area contributed by atoms with Crippen molar-refractivity contribution in [2.45, 2.75) is 12.1 Å². The third-order valence-corrected chi connectivity index (χ3v) is 3.45. The number of nitrogens with one attached hydrogen (secondary N) is 1. The molecular formula is C17H16BrNO2. The van der Waals surface area contributed by atoms with Crippen LogP contribution in [0.2, 0.25) is 0 Å². The van der Waals surface area contributed by atoms with Gasteiger partial charge in [-0.15, -0.1) is 0 Å². The second-order valence-corrected chi connectivity index (χ2v) is 5.08.